The van der Waals surface area contributed by atoms with E-state index in [0.29, 0.717) is 18.1 Å². The van der Waals surface area contributed by atoms with Gasteiger partial charge in [0, 0.05) is 18.1 Å². The Labute approximate surface area is 120 Å². The van der Waals surface area contributed by atoms with E-state index in [9.17, 15) is 4.79 Å². The molecule has 106 valence electrons. The van der Waals surface area contributed by atoms with Crippen LogP contribution < -0.4 is 5.73 Å². The summed E-state index contributed by atoms with van der Waals surface area (Å²) in [7, 11) is 0. The van der Waals surface area contributed by atoms with Crippen LogP contribution in [-0.4, -0.2) is 23.4 Å². The number of nitrogens with zero attached hydrogens (tertiary/aromatic N) is 1. The summed E-state index contributed by atoms with van der Waals surface area (Å²) in [6.45, 7) is 7.15. The average molecular weight is 283 g/mol. The molecule has 0 aromatic heterocycles. The highest BCUT2D eigenvalue weighted by Crippen LogP contribution is 2.18. The number of halogens is 1. The van der Waals surface area contributed by atoms with Crippen molar-refractivity contribution in [3.05, 3.63) is 34.9 Å². The fraction of sp³-hybridized carbons (Fsp3) is 0.533. The van der Waals surface area contributed by atoms with Crippen LogP contribution >= 0.6 is 11.6 Å². The first-order valence-corrected chi connectivity index (χ1v) is 7.16. The SMILES string of the molecule is CC[C@H](C)[C@H](N)C(=O)N(CC)Cc1ccccc1Cl. The molecule has 0 aliphatic heterocycles. The van der Waals surface area contributed by atoms with Crippen molar-refractivity contribution in [2.24, 2.45) is 11.7 Å². The van der Waals surface area contributed by atoms with E-state index < -0.39 is 6.04 Å². The average Bonchev–Trinajstić information content (AvgIpc) is 2.44. The Kier molecular flexibility index (Phi) is 6.32. The van der Waals surface area contributed by atoms with Crippen LogP contribution in [0, 0.1) is 5.92 Å². The predicted molar refractivity (Wildman–Crippen MR) is 80.0 cm³/mol. The van der Waals surface area contributed by atoms with E-state index in [2.05, 4.69) is 0 Å². The molecule has 0 aliphatic carbocycles. The van der Waals surface area contributed by atoms with Gasteiger partial charge in [-0.25, -0.2) is 0 Å². The van der Waals surface area contributed by atoms with E-state index in [1.54, 1.807) is 4.90 Å². The molecule has 19 heavy (non-hydrogen) atoms. The van der Waals surface area contributed by atoms with Crippen LogP contribution in [0.1, 0.15) is 32.8 Å². The maximum atomic E-state index is 12.3. The molecule has 2 atom stereocenters. The van der Waals surface area contributed by atoms with Crippen LogP contribution in [0.4, 0.5) is 0 Å². The molecule has 0 saturated heterocycles. The van der Waals surface area contributed by atoms with Crippen molar-refractivity contribution in [1.29, 1.82) is 0 Å². The van der Waals surface area contributed by atoms with Crippen LogP contribution in [0.2, 0.25) is 5.02 Å². The summed E-state index contributed by atoms with van der Waals surface area (Å²) in [5.74, 6) is 0.185. The van der Waals surface area contributed by atoms with Gasteiger partial charge in [0.25, 0.3) is 0 Å². The number of nitrogens with two attached hydrogens (primary N) is 1. The standard InChI is InChI=1S/C15H23ClN2O/c1-4-11(3)14(17)15(19)18(5-2)10-12-8-6-7-9-13(12)16/h6-9,11,14H,4-5,10,17H2,1-3H3/t11-,14-/m0/s1. The van der Waals surface area contributed by atoms with E-state index >= 15 is 0 Å². The molecule has 3 nitrogen and oxygen atoms in total. The summed E-state index contributed by atoms with van der Waals surface area (Å²) in [4.78, 5) is 14.1. The molecule has 0 saturated carbocycles. The van der Waals surface area contributed by atoms with Crippen molar-refractivity contribution in [2.45, 2.75) is 39.8 Å². The van der Waals surface area contributed by atoms with Gasteiger partial charge in [-0.2, -0.15) is 0 Å². The predicted octanol–water partition coefficient (Wildman–Crippen LogP) is 3.06. The molecule has 0 spiro atoms. The molecule has 0 fully saturated rings. The lowest BCUT2D eigenvalue weighted by molar-refractivity contribution is -0.134. The van der Waals surface area contributed by atoms with Crippen molar-refractivity contribution in [2.75, 3.05) is 6.54 Å². The van der Waals surface area contributed by atoms with Gasteiger partial charge in [0.2, 0.25) is 5.91 Å². The number of hydrogen-bond acceptors (Lipinski definition) is 2. The number of carbonyl (C=O) groups is 1. The Hall–Kier alpha value is -1.06. The number of rotatable bonds is 6. The van der Waals surface area contributed by atoms with Gasteiger partial charge in [-0.1, -0.05) is 50.1 Å². The minimum Gasteiger partial charge on any atom is -0.337 e. The lowest BCUT2D eigenvalue weighted by Gasteiger charge is -2.27. The summed E-state index contributed by atoms with van der Waals surface area (Å²) in [6, 6.07) is 7.15. The zero-order valence-electron chi connectivity index (χ0n) is 11.9. The monoisotopic (exact) mass is 282 g/mol. The van der Waals surface area contributed by atoms with Gasteiger partial charge >= 0.3 is 0 Å². The second-order valence-corrected chi connectivity index (χ2v) is 5.26. The van der Waals surface area contributed by atoms with E-state index in [0.717, 1.165) is 12.0 Å². The van der Waals surface area contributed by atoms with E-state index in [1.807, 2.05) is 45.0 Å². The van der Waals surface area contributed by atoms with Crippen molar-refractivity contribution in [3.63, 3.8) is 0 Å². The summed E-state index contributed by atoms with van der Waals surface area (Å²) in [5, 5.41) is 0.686. The quantitative estimate of drug-likeness (QED) is 0.872. The number of carbonyl (C=O) groups excluding carboxylic acids is 1. The molecular formula is C15H23ClN2O. The first-order valence-electron chi connectivity index (χ1n) is 6.79. The molecule has 0 aliphatic rings. The Morgan fingerprint density at radius 3 is 2.53 bits per heavy atom. The number of hydrogen-bond donors (Lipinski definition) is 1. The van der Waals surface area contributed by atoms with Gasteiger partial charge in [-0.15, -0.1) is 0 Å². The fourth-order valence-corrected chi connectivity index (χ4v) is 2.08. The molecule has 1 aromatic carbocycles. The van der Waals surface area contributed by atoms with Gasteiger partial charge in [0.05, 0.1) is 6.04 Å². The smallest absolute Gasteiger partial charge is 0.240 e. The summed E-state index contributed by atoms with van der Waals surface area (Å²) in [6.07, 6.45) is 0.899. The molecule has 1 rings (SSSR count). The zero-order valence-corrected chi connectivity index (χ0v) is 12.7. The van der Waals surface area contributed by atoms with Crippen molar-refractivity contribution < 1.29 is 4.79 Å². The molecule has 0 heterocycles. The van der Waals surface area contributed by atoms with Crippen LogP contribution in [0.15, 0.2) is 24.3 Å². The topological polar surface area (TPSA) is 46.3 Å². The lowest BCUT2D eigenvalue weighted by Crippen LogP contribution is -2.46. The Balaban J connectivity index is 2.79. The highest BCUT2D eigenvalue weighted by molar-refractivity contribution is 6.31. The Bertz CT molecular complexity index is 422. The van der Waals surface area contributed by atoms with Gasteiger partial charge < -0.3 is 10.6 Å². The maximum absolute atomic E-state index is 12.3. The van der Waals surface area contributed by atoms with Gasteiger partial charge in [-0.05, 0) is 24.5 Å². The molecule has 0 bridgehead atoms. The fourth-order valence-electron chi connectivity index (χ4n) is 1.89. The second-order valence-electron chi connectivity index (χ2n) is 4.86. The van der Waals surface area contributed by atoms with Gasteiger partial charge in [0.15, 0.2) is 0 Å². The van der Waals surface area contributed by atoms with Crippen LogP contribution in [0.3, 0.4) is 0 Å². The normalized spacial score (nSPS) is 13.9. The molecular weight excluding hydrogens is 260 g/mol. The Morgan fingerprint density at radius 2 is 2.00 bits per heavy atom. The highest BCUT2D eigenvalue weighted by atomic mass is 35.5. The van der Waals surface area contributed by atoms with E-state index in [1.165, 1.54) is 0 Å². The molecule has 0 unspecified atom stereocenters. The summed E-state index contributed by atoms with van der Waals surface area (Å²) < 4.78 is 0. The Morgan fingerprint density at radius 1 is 1.37 bits per heavy atom. The first-order chi connectivity index (χ1) is 9.01. The largest absolute Gasteiger partial charge is 0.337 e. The third-order valence-electron chi connectivity index (χ3n) is 3.55. The number of amides is 1. The maximum Gasteiger partial charge on any atom is 0.240 e. The highest BCUT2D eigenvalue weighted by Gasteiger charge is 2.24. The molecule has 1 amide bonds. The van der Waals surface area contributed by atoms with E-state index in [-0.39, 0.29) is 11.8 Å². The zero-order chi connectivity index (χ0) is 14.4. The lowest BCUT2D eigenvalue weighted by atomic mass is 9.98. The minimum atomic E-state index is -0.438. The van der Waals surface area contributed by atoms with E-state index in [4.69, 9.17) is 17.3 Å². The second kappa shape index (κ2) is 7.51. The van der Waals surface area contributed by atoms with Crippen LogP contribution in [-0.2, 0) is 11.3 Å². The minimum absolute atomic E-state index is 0.00299. The third kappa shape index (κ3) is 4.22. The number of likely N-dealkylation sites (N-methyl/N-ethyl adjacent to an activating group) is 1. The molecule has 4 heteroatoms. The summed E-state index contributed by atoms with van der Waals surface area (Å²) in [5.41, 5.74) is 6.97. The first kappa shape index (κ1) is 16.0. The van der Waals surface area contributed by atoms with Crippen LogP contribution in [0.5, 0.6) is 0 Å². The molecule has 1 aromatic rings. The molecule has 2 N–H and O–H groups in total. The number of benzene rings is 1. The van der Waals surface area contributed by atoms with Crippen molar-refractivity contribution >= 4 is 17.5 Å². The van der Waals surface area contributed by atoms with Gasteiger partial charge in [-0.3, -0.25) is 4.79 Å². The van der Waals surface area contributed by atoms with Crippen molar-refractivity contribution in [1.82, 2.24) is 4.90 Å². The van der Waals surface area contributed by atoms with Crippen LogP contribution in [0.25, 0.3) is 0 Å². The van der Waals surface area contributed by atoms with Gasteiger partial charge in [0.1, 0.15) is 0 Å². The summed E-state index contributed by atoms with van der Waals surface area (Å²) >= 11 is 6.13. The van der Waals surface area contributed by atoms with Crippen molar-refractivity contribution in [3.8, 4) is 0 Å². The molecule has 0 radical (unpaired) electrons. The third-order valence-corrected chi connectivity index (χ3v) is 3.92.